The number of hydrogen-bond donors (Lipinski definition) is 1. The van der Waals surface area contributed by atoms with Crippen LogP contribution in [-0.4, -0.2) is 28.0 Å². The summed E-state index contributed by atoms with van der Waals surface area (Å²) in [6, 6.07) is 7.68. The van der Waals surface area contributed by atoms with Crippen LogP contribution in [-0.2, 0) is 16.1 Å². The van der Waals surface area contributed by atoms with Gasteiger partial charge in [0.25, 0.3) is 5.56 Å². The van der Waals surface area contributed by atoms with E-state index in [9.17, 15) is 14.4 Å². The number of esters is 1. The zero-order chi connectivity index (χ0) is 16.8. The largest absolute Gasteiger partial charge is 0.462 e. The minimum absolute atomic E-state index is 0.133. The third-order valence-corrected chi connectivity index (χ3v) is 3.01. The third kappa shape index (κ3) is 4.50. The van der Waals surface area contributed by atoms with E-state index in [4.69, 9.17) is 4.74 Å². The van der Waals surface area contributed by atoms with Gasteiger partial charge >= 0.3 is 5.97 Å². The molecule has 0 spiro atoms. The predicted molar refractivity (Wildman–Crippen MR) is 84.3 cm³/mol. The van der Waals surface area contributed by atoms with Crippen LogP contribution in [0.3, 0.4) is 0 Å². The van der Waals surface area contributed by atoms with Crippen molar-refractivity contribution in [3.05, 3.63) is 58.3 Å². The highest BCUT2D eigenvalue weighted by Gasteiger charge is 2.08. The second-order valence-electron chi connectivity index (χ2n) is 4.84. The average Bonchev–Trinajstić information content (AvgIpc) is 2.51. The van der Waals surface area contributed by atoms with Crippen molar-refractivity contribution in [2.75, 3.05) is 11.9 Å². The van der Waals surface area contributed by atoms with Crippen LogP contribution in [0.2, 0.25) is 0 Å². The van der Waals surface area contributed by atoms with Gasteiger partial charge in [-0.05, 0) is 38.1 Å². The standard InChI is InChI=1S/C16H17N3O4/c1-3-23-16(22)12-4-6-13(7-5-12)18-14(20)9-19-10-17-11(2)8-15(19)21/h4-8,10H,3,9H2,1-2H3,(H,18,20). The summed E-state index contributed by atoms with van der Waals surface area (Å²) in [4.78, 5) is 39.2. The highest BCUT2D eigenvalue weighted by atomic mass is 16.5. The summed E-state index contributed by atoms with van der Waals surface area (Å²) in [5, 5.41) is 2.65. The zero-order valence-corrected chi connectivity index (χ0v) is 12.9. The summed E-state index contributed by atoms with van der Waals surface area (Å²) >= 11 is 0. The van der Waals surface area contributed by atoms with Crippen molar-refractivity contribution >= 4 is 17.6 Å². The van der Waals surface area contributed by atoms with E-state index in [0.717, 1.165) is 0 Å². The Labute approximate surface area is 132 Å². The average molecular weight is 315 g/mol. The van der Waals surface area contributed by atoms with Gasteiger partial charge in [0.05, 0.1) is 18.5 Å². The first-order chi connectivity index (χ1) is 11.0. The summed E-state index contributed by atoms with van der Waals surface area (Å²) in [6.45, 7) is 3.60. The number of carbonyl (C=O) groups is 2. The van der Waals surface area contributed by atoms with Gasteiger partial charge in [-0.2, -0.15) is 0 Å². The maximum atomic E-state index is 12.0. The first-order valence-electron chi connectivity index (χ1n) is 7.09. The monoisotopic (exact) mass is 315 g/mol. The van der Waals surface area contributed by atoms with Crippen LogP contribution >= 0.6 is 0 Å². The number of aromatic nitrogens is 2. The number of nitrogens with zero attached hydrogens (tertiary/aromatic N) is 2. The van der Waals surface area contributed by atoms with Crippen LogP contribution in [0.5, 0.6) is 0 Å². The minimum Gasteiger partial charge on any atom is -0.462 e. The van der Waals surface area contributed by atoms with Gasteiger partial charge in [-0.25, -0.2) is 9.78 Å². The number of benzene rings is 1. The number of nitrogens with one attached hydrogen (secondary N) is 1. The molecule has 0 saturated carbocycles. The quantitative estimate of drug-likeness (QED) is 0.842. The Balaban J connectivity index is 2.00. The second-order valence-corrected chi connectivity index (χ2v) is 4.84. The van der Waals surface area contributed by atoms with E-state index in [-0.39, 0.29) is 18.0 Å². The molecule has 0 aliphatic heterocycles. The summed E-state index contributed by atoms with van der Waals surface area (Å²) < 4.78 is 6.10. The van der Waals surface area contributed by atoms with Crippen LogP contribution < -0.4 is 10.9 Å². The molecule has 2 rings (SSSR count). The van der Waals surface area contributed by atoms with E-state index in [2.05, 4.69) is 10.3 Å². The zero-order valence-electron chi connectivity index (χ0n) is 12.9. The van der Waals surface area contributed by atoms with Crippen molar-refractivity contribution in [2.45, 2.75) is 20.4 Å². The second kappa shape index (κ2) is 7.35. The van der Waals surface area contributed by atoms with Gasteiger partial charge in [-0.3, -0.25) is 14.2 Å². The molecule has 1 N–H and O–H groups in total. The molecular formula is C16H17N3O4. The van der Waals surface area contributed by atoms with E-state index in [1.54, 1.807) is 38.1 Å². The van der Waals surface area contributed by atoms with Gasteiger partial charge in [0.2, 0.25) is 5.91 Å². The maximum Gasteiger partial charge on any atom is 0.338 e. The van der Waals surface area contributed by atoms with Crippen LogP contribution in [0.25, 0.3) is 0 Å². The molecule has 1 heterocycles. The van der Waals surface area contributed by atoms with Crippen molar-refractivity contribution in [1.82, 2.24) is 9.55 Å². The Morgan fingerprint density at radius 2 is 1.96 bits per heavy atom. The molecule has 0 atom stereocenters. The van der Waals surface area contributed by atoms with Gasteiger partial charge < -0.3 is 10.1 Å². The van der Waals surface area contributed by atoms with Crippen molar-refractivity contribution in [1.29, 1.82) is 0 Å². The molecule has 1 aromatic carbocycles. The van der Waals surface area contributed by atoms with Gasteiger partial charge in [0.1, 0.15) is 6.54 Å². The smallest absolute Gasteiger partial charge is 0.338 e. The lowest BCUT2D eigenvalue weighted by molar-refractivity contribution is -0.116. The molecular weight excluding hydrogens is 298 g/mol. The van der Waals surface area contributed by atoms with Crippen LogP contribution in [0.1, 0.15) is 23.0 Å². The lowest BCUT2D eigenvalue weighted by Gasteiger charge is -2.08. The van der Waals surface area contributed by atoms with Crippen LogP contribution in [0.15, 0.2) is 41.5 Å². The van der Waals surface area contributed by atoms with Gasteiger partial charge in [-0.15, -0.1) is 0 Å². The Kier molecular flexibility index (Phi) is 5.24. The van der Waals surface area contributed by atoms with E-state index in [1.165, 1.54) is 17.0 Å². The van der Waals surface area contributed by atoms with E-state index in [0.29, 0.717) is 23.6 Å². The number of carbonyl (C=O) groups excluding carboxylic acids is 2. The fourth-order valence-electron chi connectivity index (χ4n) is 1.89. The summed E-state index contributed by atoms with van der Waals surface area (Å²) in [7, 11) is 0. The fraction of sp³-hybridized carbons (Fsp3) is 0.250. The molecule has 0 bridgehead atoms. The number of ether oxygens (including phenoxy) is 1. The summed E-state index contributed by atoms with van der Waals surface area (Å²) in [5.41, 5.74) is 1.24. The molecule has 7 nitrogen and oxygen atoms in total. The number of hydrogen-bond acceptors (Lipinski definition) is 5. The molecule has 120 valence electrons. The van der Waals surface area contributed by atoms with Gasteiger partial charge in [-0.1, -0.05) is 0 Å². The number of anilines is 1. The Bertz CT molecular complexity index is 766. The van der Waals surface area contributed by atoms with E-state index >= 15 is 0 Å². The molecule has 0 radical (unpaired) electrons. The van der Waals surface area contributed by atoms with Gasteiger partial charge in [0, 0.05) is 17.4 Å². The Hall–Kier alpha value is -2.96. The molecule has 1 amide bonds. The number of aryl methyl sites for hydroxylation is 1. The van der Waals surface area contributed by atoms with Crippen LogP contribution in [0, 0.1) is 6.92 Å². The lowest BCUT2D eigenvalue weighted by Crippen LogP contribution is -2.27. The highest BCUT2D eigenvalue weighted by molar-refractivity contribution is 5.92. The predicted octanol–water partition coefficient (Wildman–Crippen LogP) is 1.37. The summed E-state index contributed by atoms with van der Waals surface area (Å²) in [6.07, 6.45) is 1.33. The van der Waals surface area contributed by atoms with E-state index < -0.39 is 5.97 Å². The molecule has 7 heteroatoms. The molecule has 2 aromatic rings. The first-order valence-corrected chi connectivity index (χ1v) is 7.09. The van der Waals surface area contributed by atoms with Crippen molar-refractivity contribution in [3.63, 3.8) is 0 Å². The molecule has 0 unspecified atom stereocenters. The highest BCUT2D eigenvalue weighted by Crippen LogP contribution is 2.10. The Morgan fingerprint density at radius 1 is 1.26 bits per heavy atom. The third-order valence-electron chi connectivity index (χ3n) is 3.01. The van der Waals surface area contributed by atoms with Crippen molar-refractivity contribution in [3.8, 4) is 0 Å². The molecule has 23 heavy (non-hydrogen) atoms. The topological polar surface area (TPSA) is 90.3 Å². The molecule has 0 fully saturated rings. The van der Waals surface area contributed by atoms with Crippen LogP contribution in [0.4, 0.5) is 5.69 Å². The molecule has 0 aliphatic rings. The van der Waals surface area contributed by atoms with E-state index in [1.807, 2.05) is 0 Å². The fourth-order valence-corrected chi connectivity index (χ4v) is 1.89. The first kappa shape index (κ1) is 16.4. The molecule has 1 aromatic heterocycles. The minimum atomic E-state index is -0.414. The van der Waals surface area contributed by atoms with Crippen molar-refractivity contribution < 1.29 is 14.3 Å². The lowest BCUT2D eigenvalue weighted by atomic mass is 10.2. The molecule has 0 saturated heterocycles. The van der Waals surface area contributed by atoms with Gasteiger partial charge in [0.15, 0.2) is 0 Å². The Morgan fingerprint density at radius 3 is 2.57 bits per heavy atom. The summed E-state index contributed by atoms with van der Waals surface area (Å²) in [5.74, 6) is -0.774. The normalized spacial score (nSPS) is 10.2. The number of amides is 1. The SMILES string of the molecule is CCOC(=O)c1ccc(NC(=O)Cn2cnc(C)cc2=O)cc1. The maximum absolute atomic E-state index is 12.0. The van der Waals surface area contributed by atoms with Crippen molar-refractivity contribution in [2.24, 2.45) is 0 Å². The molecule has 0 aliphatic carbocycles. The number of rotatable bonds is 5.